The van der Waals surface area contributed by atoms with E-state index in [1.807, 2.05) is 37.3 Å². The number of fused-ring (bicyclic) bond motifs is 1. The Morgan fingerprint density at radius 1 is 1.12 bits per heavy atom. The number of aliphatic imine (C=N–C) groups is 1. The second-order valence-electron chi connectivity index (χ2n) is 6.17. The van der Waals surface area contributed by atoms with Gasteiger partial charge >= 0.3 is 0 Å². The van der Waals surface area contributed by atoms with E-state index in [2.05, 4.69) is 9.71 Å². The maximum atomic E-state index is 12.4. The minimum absolute atomic E-state index is 0.0398. The van der Waals surface area contributed by atoms with Gasteiger partial charge in [0.25, 0.3) is 10.0 Å². The van der Waals surface area contributed by atoms with Gasteiger partial charge in [-0.05, 0) is 24.6 Å². The SMILES string of the molecule is C[C@@H](c1ccccc1)N(C)C(=O)CCN=C1NS(=O)(=O)c2ccccc21. The zero-order valence-electron chi connectivity index (χ0n) is 14.7. The zero-order chi connectivity index (χ0) is 18.7. The molecule has 136 valence electrons. The monoisotopic (exact) mass is 371 g/mol. The van der Waals surface area contributed by atoms with Crippen molar-refractivity contribution in [2.75, 3.05) is 13.6 Å². The fourth-order valence-corrected chi connectivity index (χ4v) is 4.11. The summed E-state index contributed by atoms with van der Waals surface area (Å²) in [4.78, 5) is 18.6. The molecule has 0 saturated carbocycles. The maximum absolute atomic E-state index is 12.4. The van der Waals surface area contributed by atoms with E-state index in [-0.39, 0.29) is 29.8 Å². The smallest absolute Gasteiger partial charge is 0.263 e. The highest BCUT2D eigenvalue weighted by molar-refractivity contribution is 7.90. The molecule has 7 heteroatoms. The number of sulfonamides is 1. The molecule has 1 amide bonds. The molecular formula is C19H21N3O3S. The minimum atomic E-state index is -3.55. The number of carbonyl (C=O) groups is 1. The van der Waals surface area contributed by atoms with Crippen LogP contribution < -0.4 is 4.72 Å². The predicted octanol–water partition coefficient (Wildman–Crippen LogP) is 2.33. The summed E-state index contributed by atoms with van der Waals surface area (Å²) < 4.78 is 26.5. The second-order valence-corrected chi connectivity index (χ2v) is 7.82. The zero-order valence-corrected chi connectivity index (χ0v) is 15.5. The third-order valence-corrected chi connectivity index (χ3v) is 5.91. The molecule has 1 heterocycles. The molecule has 2 aromatic carbocycles. The average molecular weight is 371 g/mol. The normalized spacial score (nSPS) is 17.4. The first-order valence-electron chi connectivity index (χ1n) is 8.37. The van der Waals surface area contributed by atoms with Gasteiger partial charge in [-0.1, -0.05) is 42.5 Å². The molecular weight excluding hydrogens is 350 g/mol. The molecule has 0 bridgehead atoms. The number of rotatable bonds is 5. The Bertz CT molecular complexity index is 940. The Morgan fingerprint density at radius 2 is 1.77 bits per heavy atom. The average Bonchev–Trinajstić information content (AvgIpc) is 2.92. The summed E-state index contributed by atoms with van der Waals surface area (Å²) in [5.41, 5.74) is 1.61. The van der Waals surface area contributed by atoms with E-state index in [0.717, 1.165) is 5.56 Å². The molecule has 1 atom stereocenters. The molecule has 0 spiro atoms. The van der Waals surface area contributed by atoms with Gasteiger partial charge in [0.1, 0.15) is 5.84 Å². The molecule has 1 aliphatic rings. The van der Waals surface area contributed by atoms with Crippen LogP contribution in [-0.4, -0.2) is 38.7 Å². The van der Waals surface area contributed by atoms with E-state index < -0.39 is 10.0 Å². The van der Waals surface area contributed by atoms with Crippen molar-refractivity contribution in [2.24, 2.45) is 4.99 Å². The van der Waals surface area contributed by atoms with E-state index in [1.54, 1.807) is 36.2 Å². The molecule has 1 aliphatic heterocycles. The van der Waals surface area contributed by atoms with Gasteiger partial charge in [0.2, 0.25) is 5.91 Å². The first kappa shape index (κ1) is 18.1. The lowest BCUT2D eigenvalue weighted by Gasteiger charge is -2.25. The fourth-order valence-electron chi connectivity index (χ4n) is 2.86. The van der Waals surface area contributed by atoms with Crippen LogP contribution in [0.15, 0.2) is 64.5 Å². The fraction of sp³-hybridized carbons (Fsp3) is 0.263. The molecule has 0 aromatic heterocycles. The second kappa shape index (κ2) is 7.29. The molecule has 6 nitrogen and oxygen atoms in total. The lowest BCUT2D eigenvalue weighted by molar-refractivity contribution is -0.131. The highest BCUT2D eigenvalue weighted by atomic mass is 32.2. The van der Waals surface area contributed by atoms with E-state index in [0.29, 0.717) is 11.4 Å². The van der Waals surface area contributed by atoms with Crippen LogP contribution in [0.3, 0.4) is 0 Å². The third kappa shape index (κ3) is 3.62. The molecule has 2 aromatic rings. The Labute approximate surface area is 153 Å². The standard InChI is InChI=1S/C19H21N3O3S/c1-14(15-8-4-3-5-9-15)22(2)18(23)12-13-20-19-16-10-6-7-11-17(16)26(24,25)21-19/h3-11,14H,12-13H2,1-2H3,(H,20,21)/t14-/m0/s1. The maximum Gasteiger partial charge on any atom is 0.263 e. The minimum Gasteiger partial charge on any atom is -0.339 e. The van der Waals surface area contributed by atoms with Crippen molar-refractivity contribution in [3.63, 3.8) is 0 Å². The van der Waals surface area contributed by atoms with E-state index >= 15 is 0 Å². The Kier molecular flexibility index (Phi) is 5.08. The molecule has 0 saturated heterocycles. The number of hydrogen-bond acceptors (Lipinski definition) is 4. The molecule has 1 N–H and O–H groups in total. The van der Waals surface area contributed by atoms with Crippen LogP contribution >= 0.6 is 0 Å². The summed E-state index contributed by atoms with van der Waals surface area (Å²) in [7, 11) is -1.78. The number of amides is 1. The van der Waals surface area contributed by atoms with Gasteiger partial charge in [0.05, 0.1) is 17.5 Å². The van der Waals surface area contributed by atoms with Crippen LogP contribution in [0.2, 0.25) is 0 Å². The van der Waals surface area contributed by atoms with Crippen LogP contribution in [0, 0.1) is 0 Å². The van der Waals surface area contributed by atoms with E-state index in [9.17, 15) is 13.2 Å². The van der Waals surface area contributed by atoms with Gasteiger partial charge < -0.3 is 4.90 Å². The molecule has 3 rings (SSSR count). The van der Waals surface area contributed by atoms with Gasteiger partial charge in [-0.25, -0.2) is 8.42 Å². The van der Waals surface area contributed by atoms with Crippen LogP contribution in [0.25, 0.3) is 0 Å². The number of nitrogens with one attached hydrogen (secondary N) is 1. The van der Waals surface area contributed by atoms with Crippen LogP contribution in [0.4, 0.5) is 0 Å². The molecule has 26 heavy (non-hydrogen) atoms. The van der Waals surface area contributed by atoms with Crippen molar-refractivity contribution >= 4 is 21.8 Å². The van der Waals surface area contributed by atoms with Gasteiger partial charge in [-0.3, -0.25) is 14.5 Å². The van der Waals surface area contributed by atoms with Crippen molar-refractivity contribution in [1.82, 2.24) is 9.62 Å². The Hall–Kier alpha value is -2.67. The number of amidine groups is 1. The summed E-state index contributed by atoms with van der Waals surface area (Å²) >= 11 is 0. The summed E-state index contributed by atoms with van der Waals surface area (Å²) in [5.74, 6) is 0.256. The van der Waals surface area contributed by atoms with Gasteiger partial charge in [-0.2, -0.15) is 0 Å². The summed E-state index contributed by atoms with van der Waals surface area (Å²) in [6, 6.07) is 16.4. The Balaban J connectivity index is 1.65. The van der Waals surface area contributed by atoms with Crippen molar-refractivity contribution in [2.45, 2.75) is 24.3 Å². The van der Waals surface area contributed by atoms with Crippen LogP contribution in [-0.2, 0) is 14.8 Å². The van der Waals surface area contributed by atoms with Gasteiger partial charge in [0.15, 0.2) is 0 Å². The Morgan fingerprint density at radius 3 is 2.50 bits per heavy atom. The van der Waals surface area contributed by atoms with Gasteiger partial charge in [0, 0.05) is 19.0 Å². The third-order valence-electron chi connectivity index (χ3n) is 4.51. The predicted molar refractivity (Wildman–Crippen MR) is 100 cm³/mol. The lowest BCUT2D eigenvalue weighted by Crippen LogP contribution is -2.30. The largest absolute Gasteiger partial charge is 0.339 e. The van der Waals surface area contributed by atoms with Crippen molar-refractivity contribution in [3.8, 4) is 0 Å². The van der Waals surface area contributed by atoms with Crippen molar-refractivity contribution in [1.29, 1.82) is 0 Å². The number of carbonyl (C=O) groups excluding carboxylic acids is 1. The highest BCUT2D eigenvalue weighted by Gasteiger charge is 2.30. The molecule has 0 unspecified atom stereocenters. The van der Waals surface area contributed by atoms with Crippen molar-refractivity contribution < 1.29 is 13.2 Å². The number of nitrogens with zero attached hydrogens (tertiary/aromatic N) is 2. The number of benzene rings is 2. The molecule has 0 aliphatic carbocycles. The lowest BCUT2D eigenvalue weighted by atomic mass is 10.1. The first-order chi connectivity index (χ1) is 12.4. The van der Waals surface area contributed by atoms with Crippen molar-refractivity contribution in [3.05, 3.63) is 65.7 Å². The first-order valence-corrected chi connectivity index (χ1v) is 9.86. The highest BCUT2D eigenvalue weighted by Crippen LogP contribution is 2.22. The topological polar surface area (TPSA) is 78.8 Å². The summed E-state index contributed by atoms with van der Waals surface area (Å²) in [6.07, 6.45) is 0.209. The molecule has 0 radical (unpaired) electrons. The summed E-state index contributed by atoms with van der Waals surface area (Å²) in [6.45, 7) is 2.19. The van der Waals surface area contributed by atoms with Crippen LogP contribution in [0.5, 0.6) is 0 Å². The van der Waals surface area contributed by atoms with Gasteiger partial charge in [-0.15, -0.1) is 0 Å². The van der Waals surface area contributed by atoms with E-state index in [1.165, 1.54) is 0 Å². The number of hydrogen-bond donors (Lipinski definition) is 1. The van der Waals surface area contributed by atoms with Crippen LogP contribution in [0.1, 0.15) is 30.5 Å². The van der Waals surface area contributed by atoms with E-state index in [4.69, 9.17) is 0 Å². The molecule has 0 fully saturated rings. The summed E-state index contributed by atoms with van der Waals surface area (Å²) in [5, 5.41) is 0. The quantitative estimate of drug-likeness (QED) is 0.876.